The van der Waals surface area contributed by atoms with E-state index in [1.807, 2.05) is 0 Å². The van der Waals surface area contributed by atoms with E-state index in [-0.39, 0.29) is 10.6 Å². The average molecular weight is 300 g/mol. The van der Waals surface area contributed by atoms with Crippen LogP contribution in [0.1, 0.15) is 32.6 Å². The van der Waals surface area contributed by atoms with Gasteiger partial charge in [-0.25, -0.2) is 17.5 Å². The van der Waals surface area contributed by atoms with Crippen molar-refractivity contribution in [3.8, 4) is 0 Å². The summed E-state index contributed by atoms with van der Waals surface area (Å²) < 4.78 is 40.1. The van der Waals surface area contributed by atoms with Crippen LogP contribution >= 0.6 is 0 Å². The van der Waals surface area contributed by atoms with E-state index in [1.54, 1.807) is 0 Å². The zero-order chi connectivity index (χ0) is 14.8. The molecular weight excluding hydrogens is 279 g/mol. The van der Waals surface area contributed by atoms with E-state index in [2.05, 4.69) is 11.6 Å². The summed E-state index contributed by atoms with van der Waals surface area (Å²) in [7, 11) is -3.70. The summed E-state index contributed by atoms with van der Waals surface area (Å²) >= 11 is 0. The zero-order valence-corrected chi connectivity index (χ0v) is 12.4. The Kier molecular flexibility index (Phi) is 4.65. The van der Waals surface area contributed by atoms with Crippen molar-refractivity contribution < 1.29 is 12.8 Å². The van der Waals surface area contributed by atoms with Gasteiger partial charge in [-0.2, -0.15) is 0 Å². The maximum atomic E-state index is 13.2. The maximum Gasteiger partial charge on any atom is 0.240 e. The first-order valence-electron chi connectivity index (χ1n) is 6.94. The molecule has 2 unspecified atom stereocenters. The number of sulfonamides is 1. The zero-order valence-electron chi connectivity index (χ0n) is 11.6. The highest BCUT2D eigenvalue weighted by Gasteiger charge is 2.24. The van der Waals surface area contributed by atoms with Crippen molar-refractivity contribution in [2.45, 2.75) is 37.5 Å². The van der Waals surface area contributed by atoms with Gasteiger partial charge in [-0.15, -0.1) is 0 Å². The molecule has 4 nitrogen and oxygen atoms in total. The molecule has 0 saturated heterocycles. The van der Waals surface area contributed by atoms with Gasteiger partial charge in [0.2, 0.25) is 10.0 Å². The Morgan fingerprint density at radius 3 is 2.65 bits per heavy atom. The number of nitrogens with two attached hydrogens (primary N) is 1. The van der Waals surface area contributed by atoms with E-state index in [0.717, 1.165) is 31.4 Å². The number of rotatable bonds is 4. The molecular formula is C14H21FN2O2S. The molecule has 0 spiro atoms. The van der Waals surface area contributed by atoms with E-state index in [0.29, 0.717) is 18.4 Å². The summed E-state index contributed by atoms with van der Waals surface area (Å²) in [6.07, 6.45) is 4.53. The third kappa shape index (κ3) is 3.70. The molecule has 0 radical (unpaired) electrons. The van der Waals surface area contributed by atoms with Crippen molar-refractivity contribution in [1.82, 2.24) is 4.72 Å². The topological polar surface area (TPSA) is 72.2 Å². The van der Waals surface area contributed by atoms with Crippen molar-refractivity contribution in [2.24, 2.45) is 11.8 Å². The smallest absolute Gasteiger partial charge is 0.240 e. The Labute approximate surface area is 119 Å². The summed E-state index contributed by atoms with van der Waals surface area (Å²) in [5, 5.41) is 0. The first-order chi connectivity index (χ1) is 9.38. The molecule has 1 aliphatic carbocycles. The lowest BCUT2D eigenvalue weighted by molar-refractivity contribution is 0.257. The maximum absolute atomic E-state index is 13.2. The molecule has 1 aromatic rings. The van der Waals surface area contributed by atoms with E-state index in [4.69, 9.17) is 5.73 Å². The van der Waals surface area contributed by atoms with Crippen LogP contribution in [-0.4, -0.2) is 15.0 Å². The molecule has 1 fully saturated rings. The second-order valence-corrected chi connectivity index (χ2v) is 7.36. The highest BCUT2D eigenvalue weighted by atomic mass is 32.2. The predicted octanol–water partition coefficient (Wildman–Crippen LogP) is 2.51. The number of hydrogen-bond acceptors (Lipinski definition) is 3. The van der Waals surface area contributed by atoms with Gasteiger partial charge in [-0.3, -0.25) is 0 Å². The van der Waals surface area contributed by atoms with Gasteiger partial charge in [0.1, 0.15) is 5.82 Å². The van der Waals surface area contributed by atoms with Gasteiger partial charge in [-0.1, -0.05) is 26.2 Å². The van der Waals surface area contributed by atoms with Gasteiger partial charge < -0.3 is 5.73 Å². The molecule has 1 saturated carbocycles. The average Bonchev–Trinajstić information content (AvgIpc) is 2.37. The van der Waals surface area contributed by atoms with Crippen LogP contribution in [0.5, 0.6) is 0 Å². The largest absolute Gasteiger partial charge is 0.399 e. The number of benzene rings is 1. The lowest BCUT2D eigenvalue weighted by Gasteiger charge is -2.28. The van der Waals surface area contributed by atoms with Crippen LogP contribution in [-0.2, 0) is 10.0 Å². The molecule has 3 N–H and O–H groups in total. The minimum absolute atomic E-state index is 0.108. The van der Waals surface area contributed by atoms with Crippen LogP contribution in [0.4, 0.5) is 10.1 Å². The van der Waals surface area contributed by atoms with Crippen molar-refractivity contribution in [1.29, 1.82) is 0 Å². The number of anilines is 1. The van der Waals surface area contributed by atoms with Crippen molar-refractivity contribution in [3.63, 3.8) is 0 Å². The monoisotopic (exact) mass is 300 g/mol. The van der Waals surface area contributed by atoms with Crippen molar-refractivity contribution in [2.75, 3.05) is 12.3 Å². The minimum atomic E-state index is -3.70. The van der Waals surface area contributed by atoms with E-state index in [9.17, 15) is 12.8 Å². The molecule has 2 atom stereocenters. The van der Waals surface area contributed by atoms with Crippen molar-refractivity contribution >= 4 is 15.7 Å². The molecule has 0 aromatic heterocycles. The lowest BCUT2D eigenvalue weighted by atomic mass is 9.81. The Morgan fingerprint density at radius 1 is 1.30 bits per heavy atom. The predicted molar refractivity (Wildman–Crippen MR) is 77.1 cm³/mol. The fourth-order valence-corrected chi connectivity index (χ4v) is 3.90. The highest BCUT2D eigenvalue weighted by Crippen LogP contribution is 2.29. The van der Waals surface area contributed by atoms with Crippen LogP contribution in [0.15, 0.2) is 23.1 Å². The van der Waals surface area contributed by atoms with Crippen molar-refractivity contribution in [3.05, 3.63) is 24.0 Å². The minimum Gasteiger partial charge on any atom is -0.399 e. The van der Waals surface area contributed by atoms with Gasteiger partial charge in [0.25, 0.3) is 0 Å². The summed E-state index contributed by atoms with van der Waals surface area (Å²) in [6.45, 7) is 2.55. The third-order valence-corrected chi connectivity index (χ3v) is 5.43. The van der Waals surface area contributed by atoms with Crippen LogP contribution < -0.4 is 10.5 Å². The Hall–Kier alpha value is -1.14. The van der Waals surface area contributed by atoms with Crippen LogP contribution in [0.2, 0.25) is 0 Å². The first kappa shape index (κ1) is 15.3. The second-order valence-electron chi connectivity index (χ2n) is 5.59. The molecule has 112 valence electrons. The summed E-state index contributed by atoms with van der Waals surface area (Å²) in [6, 6.07) is 3.36. The quantitative estimate of drug-likeness (QED) is 0.839. The third-order valence-electron chi connectivity index (χ3n) is 4.03. The molecule has 0 bridgehead atoms. The summed E-state index contributed by atoms with van der Waals surface area (Å²) in [5.41, 5.74) is 5.59. The van der Waals surface area contributed by atoms with E-state index >= 15 is 0 Å². The van der Waals surface area contributed by atoms with Gasteiger partial charge in [0.05, 0.1) is 4.90 Å². The number of hydrogen-bond donors (Lipinski definition) is 2. The molecule has 0 aliphatic heterocycles. The highest BCUT2D eigenvalue weighted by molar-refractivity contribution is 7.89. The fourth-order valence-electron chi connectivity index (χ4n) is 2.74. The second kappa shape index (κ2) is 6.10. The number of nitrogens with one attached hydrogen (secondary N) is 1. The van der Waals surface area contributed by atoms with E-state index in [1.165, 1.54) is 12.5 Å². The Bertz CT molecular complexity index is 554. The van der Waals surface area contributed by atoms with Crippen LogP contribution in [0, 0.1) is 17.7 Å². The molecule has 6 heteroatoms. The number of nitrogen functional groups attached to an aromatic ring is 1. The summed E-state index contributed by atoms with van der Waals surface area (Å²) in [5.74, 6) is 0.227. The summed E-state index contributed by atoms with van der Waals surface area (Å²) in [4.78, 5) is -0.113. The Morgan fingerprint density at radius 2 is 2.00 bits per heavy atom. The van der Waals surface area contributed by atoms with Gasteiger partial charge in [0, 0.05) is 12.2 Å². The van der Waals surface area contributed by atoms with E-state index < -0.39 is 15.8 Å². The standard InChI is InChI=1S/C14H21FN2O2S/c1-10-4-2-3-5-11(10)9-17-20(18,19)14-7-12(15)6-13(16)8-14/h6-8,10-11,17H,2-5,9,16H2,1H3. The molecule has 1 aromatic carbocycles. The van der Waals surface area contributed by atoms with Gasteiger partial charge in [0.15, 0.2) is 0 Å². The lowest BCUT2D eigenvalue weighted by Crippen LogP contribution is -2.33. The molecule has 0 heterocycles. The first-order valence-corrected chi connectivity index (χ1v) is 8.42. The number of halogens is 1. The van der Waals surface area contributed by atoms with Gasteiger partial charge >= 0.3 is 0 Å². The van der Waals surface area contributed by atoms with Crippen LogP contribution in [0.3, 0.4) is 0 Å². The normalized spacial score (nSPS) is 23.7. The molecule has 0 amide bonds. The molecule has 1 aliphatic rings. The fraction of sp³-hybridized carbons (Fsp3) is 0.571. The Balaban J connectivity index is 2.07. The van der Waals surface area contributed by atoms with Gasteiger partial charge in [-0.05, 0) is 36.5 Å². The molecule has 2 rings (SSSR count). The molecule has 20 heavy (non-hydrogen) atoms. The SMILES string of the molecule is CC1CCCCC1CNS(=O)(=O)c1cc(N)cc(F)c1. The van der Waals surface area contributed by atoms with Crippen LogP contribution in [0.25, 0.3) is 0 Å².